The topological polar surface area (TPSA) is 34.1 Å². The molecule has 0 aliphatic carbocycles. The van der Waals surface area contributed by atoms with Crippen LogP contribution in [0.2, 0.25) is 0 Å². The molecular formula is C9H13F3N2OS. The lowest BCUT2D eigenvalue weighted by molar-refractivity contribution is -0.125. The molecule has 0 fully saturated rings. The summed E-state index contributed by atoms with van der Waals surface area (Å²) in [5, 5.41) is 4.79. The van der Waals surface area contributed by atoms with Crippen LogP contribution in [0.25, 0.3) is 0 Å². The van der Waals surface area contributed by atoms with Gasteiger partial charge in [-0.1, -0.05) is 0 Å². The van der Waals surface area contributed by atoms with Crippen LogP contribution < -0.4 is 5.32 Å². The van der Waals surface area contributed by atoms with Crippen molar-refractivity contribution in [2.75, 3.05) is 13.7 Å². The number of aromatic nitrogens is 1. The Morgan fingerprint density at radius 3 is 2.81 bits per heavy atom. The highest BCUT2D eigenvalue weighted by Crippen LogP contribution is 2.20. The number of hydrogen-bond acceptors (Lipinski definition) is 4. The van der Waals surface area contributed by atoms with Crippen molar-refractivity contribution in [2.24, 2.45) is 0 Å². The monoisotopic (exact) mass is 254 g/mol. The van der Waals surface area contributed by atoms with E-state index in [9.17, 15) is 13.2 Å². The Morgan fingerprint density at radius 2 is 2.25 bits per heavy atom. The zero-order valence-corrected chi connectivity index (χ0v) is 9.78. The summed E-state index contributed by atoms with van der Waals surface area (Å²) in [6.45, 7) is 0.956. The zero-order chi connectivity index (χ0) is 12.2. The van der Waals surface area contributed by atoms with Crippen LogP contribution in [0, 0.1) is 0 Å². The molecule has 0 amide bonds. The average Bonchev–Trinajstić information content (AvgIpc) is 2.63. The van der Waals surface area contributed by atoms with Crippen LogP contribution in [-0.4, -0.2) is 24.8 Å². The van der Waals surface area contributed by atoms with E-state index in [0.717, 1.165) is 5.01 Å². The molecule has 16 heavy (non-hydrogen) atoms. The van der Waals surface area contributed by atoms with Crippen molar-refractivity contribution >= 4 is 11.3 Å². The van der Waals surface area contributed by atoms with Gasteiger partial charge in [-0.05, 0) is 6.92 Å². The maximum absolute atomic E-state index is 11.8. The molecule has 0 aromatic carbocycles. The number of nitrogens with one attached hydrogen (secondary N) is 1. The first-order chi connectivity index (χ1) is 7.42. The SMILES string of the molecule is COC(C)c1nc(CNCC(F)(F)F)cs1. The van der Waals surface area contributed by atoms with Crippen LogP contribution in [0.5, 0.6) is 0 Å². The van der Waals surface area contributed by atoms with Gasteiger partial charge >= 0.3 is 6.18 Å². The number of ether oxygens (including phenoxy) is 1. The zero-order valence-electron chi connectivity index (χ0n) is 8.97. The molecule has 0 saturated heterocycles. The Bertz CT molecular complexity index is 327. The van der Waals surface area contributed by atoms with Crippen LogP contribution in [-0.2, 0) is 11.3 Å². The van der Waals surface area contributed by atoms with E-state index < -0.39 is 12.7 Å². The van der Waals surface area contributed by atoms with Crippen molar-refractivity contribution < 1.29 is 17.9 Å². The minimum absolute atomic E-state index is 0.118. The maximum atomic E-state index is 11.8. The number of alkyl halides is 3. The summed E-state index contributed by atoms with van der Waals surface area (Å²) < 4.78 is 40.6. The Morgan fingerprint density at radius 1 is 1.56 bits per heavy atom. The molecule has 0 saturated carbocycles. The van der Waals surface area contributed by atoms with E-state index in [0.29, 0.717) is 5.69 Å². The van der Waals surface area contributed by atoms with Gasteiger partial charge in [-0.3, -0.25) is 0 Å². The fourth-order valence-electron chi connectivity index (χ4n) is 1.02. The van der Waals surface area contributed by atoms with Crippen molar-refractivity contribution in [2.45, 2.75) is 25.7 Å². The molecule has 7 heteroatoms. The number of nitrogens with zero attached hydrogens (tertiary/aromatic N) is 1. The van der Waals surface area contributed by atoms with Gasteiger partial charge in [0.1, 0.15) is 11.1 Å². The fraction of sp³-hybridized carbons (Fsp3) is 0.667. The molecule has 1 aromatic heterocycles. The van der Waals surface area contributed by atoms with Gasteiger partial charge in [-0.2, -0.15) is 13.2 Å². The van der Waals surface area contributed by atoms with Gasteiger partial charge in [0.2, 0.25) is 0 Å². The van der Waals surface area contributed by atoms with Crippen LogP contribution in [0.15, 0.2) is 5.38 Å². The number of thiazole rings is 1. The predicted molar refractivity (Wildman–Crippen MR) is 55.3 cm³/mol. The van der Waals surface area contributed by atoms with Gasteiger partial charge in [0.05, 0.1) is 12.2 Å². The average molecular weight is 254 g/mol. The first-order valence-electron chi connectivity index (χ1n) is 4.67. The lowest BCUT2D eigenvalue weighted by Crippen LogP contribution is -2.28. The fourth-order valence-corrected chi connectivity index (χ4v) is 1.87. The third-order valence-electron chi connectivity index (χ3n) is 1.90. The van der Waals surface area contributed by atoms with E-state index in [4.69, 9.17) is 4.74 Å². The highest BCUT2D eigenvalue weighted by molar-refractivity contribution is 7.09. The van der Waals surface area contributed by atoms with Crippen LogP contribution in [0.4, 0.5) is 13.2 Å². The van der Waals surface area contributed by atoms with Gasteiger partial charge < -0.3 is 10.1 Å². The molecule has 1 atom stereocenters. The summed E-state index contributed by atoms with van der Waals surface area (Å²) in [6, 6.07) is 0. The van der Waals surface area contributed by atoms with E-state index in [-0.39, 0.29) is 12.6 Å². The van der Waals surface area contributed by atoms with Crippen molar-refractivity contribution in [1.29, 1.82) is 0 Å². The molecular weight excluding hydrogens is 241 g/mol. The van der Waals surface area contributed by atoms with Crippen LogP contribution in [0.3, 0.4) is 0 Å². The molecule has 1 aromatic rings. The quantitative estimate of drug-likeness (QED) is 0.876. The summed E-state index contributed by atoms with van der Waals surface area (Å²) in [4.78, 5) is 4.16. The van der Waals surface area contributed by atoms with Crippen molar-refractivity contribution in [3.8, 4) is 0 Å². The highest BCUT2D eigenvalue weighted by atomic mass is 32.1. The van der Waals surface area contributed by atoms with Gasteiger partial charge in [0, 0.05) is 19.0 Å². The number of hydrogen-bond donors (Lipinski definition) is 1. The van der Waals surface area contributed by atoms with E-state index >= 15 is 0 Å². The minimum atomic E-state index is -4.18. The second-order valence-electron chi connectivity index (χ2n) is 3.27. The van der Waals surface area contributed by atoms with Crippen molar-refractivity contribution in [3.05, 3.63) is 16.1 Å². The molecule has 1 rings (SSSR count). The summed E-state index contributed by atoms with van der Waals surface area (Å²) in [5.41, 5.74) is 0.605. The van der Waals surface area contributed by atoms with Gasteiger partial charge in [-0.15, -0.1) is 11.3 Å². The van der Waals surface area contributed by atoms with Gasteiger partial charge in [0.25, 0.3) is 0 Å². The molecule has 3 nitrogen and oxygen atoms in total. The molecule has 0 radical (unpaired) electrons. The molecule has 92 valence electrons. The number of halogens is 3. The van der Waals surface area contributed by atoms with E-state index in [2.05, 4.69) is 10.3 Å². The molecule has 1 N–H and O–H groups in total. The first-order valence-corrected chi connectivity index (χ1v) is 5.55. The summed E-state index contributed by atoms with van der Waals surface area (Å²) >= 11 is 1.38. The Labute approximate surface area is 95.6 Å². The van der Waals surface area contributed by atoms with E-state index in [1.54, 1.807) is 12.5 Å². The Hall–Kier alpha value is -0.660. The van der Waals surface area contributed by atoms with Crippen LogP contribution >= 0.6 is 11.3 Å². The van der Waals surface area contributed by atoms with Gasteiger partial charge in [0.15, 0.2) is 0 Å². The summed E-state index contributed by atoms with van der Waals surface area (Å²) in [5.74, 6) is 0. The lowest BCUT2D eigenvalue weighted by atomic mass is 10.4. The van der Waals surface area contributed by atoms with E-state index in [1.165, 1.54) is 11.3 Å². The standard InChI is InChI=1S/C9H13F3N2OS/c1-6(15-2)8-14-7(4-16-8)3-13-5-9(10,11)12/h4,6,13H,3,5H2,1-2H3. The number of methoxy groups -OCH3 is 1. The second kappa shape index (κ2) is 5.60. The van der Waals surface area contributed by atoms with Gasteiger partial charge in [-0.25, -0.2) is 4.98 Å². The molecule has 1 unspecified atom stereocenters. The third kappa shape index (κ3) is 4.46. The maximum Gasteiger partial charge on any atom is 0.401 e. The molecule has 1 heterocycles. The predicted octanol–water partition coefficient (Wildman–Crippen LogP) is 2.50. The largest absolute Gasteiger partial charge is 0.401 e. The van der Waals surface area contributed by atoms with Crippen molar-refractivity contribution in [1.82, 2.24) is 10.3 Å². The molecule has 0 spiro atoms. The minimum Gasteiger partial charge on any atom is -0.375 e. The Balaban J connectivity index is 2.41. The molecule has 0 bridgehead atoms. The lowest BCUT2D eigenvalue weighted by Gasteiger charge is -2.06. The Kier molecular flexibility index (Phi) is 4.69. The molecule has 0 aliphatic rings. The van der Waals surface area contributed by atoms with E-state index in [1.807, 2.05) is 6.92 Å². The summed E-state index contributed by atoms with van der Waals surface area (Å²) in [6.07, 6.45) is -4.31. The smallest absolute Gasteiger partial charge is 0.375 e. The highest BCUT2D eigenvalue weighted by Gasteiger charge is 2.26. The normalized spacial score (nSPS) is 14.1. The third-order valence-corrected chi connectivity index (χ3v) is 2.96. The van der Waals surface area contributed by atoms with Crippen LogP contribution in [0.1, 0.15) is 23.7 Å². The summed E-state index contributed by atoms with van der Waals surface area (Å²) in [7, 11) is 1.56. The van der Waals surface area contributed by atoms with Crippen molar-refractivity contribution in [3.63, 3.8) is 0 Å². The molecule has 0 aliphatic heterocycles. The number of rotatable bonds is 5. The first kappa shape index (κ1) is 13.4. The second-order valence-corrected chi connectivity index (χ2v) is 4.16.